The molecule has 2 heterocycles. The Bertz CT molecular complexity index is 398. The summed E-state index contributed by atoms with van der Waals surface area (Å²) in [6, 6.07) is -0.208. The Morgan fingerprint density at radius 1 is 1.75 bits per heavy atom. The van der Waals surface area contributed by atoms with E-state index in [1.54, 1.807) is 4.90 Å². The summed E-state index contributed by atoms with van der Waals surface area (Å²) < 4.78 is 0.504. The minimum Gasteiger partial charge on any atom is -0.371 e. The first-order valence-corrected chi connectivity index (χ1v) is 6.20. The molecule has 1 saturated heterocycles. The lowest BCUT2D eigenvalue weighted by atomic mass is 10.4. The van der Waals surface area contributed by atoms with Gasteiger partial charge in [-0.05, 0) is 6.42 Å². The lowest BCUT2D eigenvalue weighted by molar-refractivity contribution is 0.177. The molecule has 2 amide bonds. The van der Waals surface area contributed by atoms with Crippen molar-refractivity contribution in [2.45, 2.75) is 19.6 Å². The van der Waals surface area contributed by atoms with E-state index in [0.29, 0.717) is 22.6 Å². The molecule has 5 nitrogen and oxygen atoms in total. The molecule has 0 radical (unpaired) electrons. The zero-order chi connectivity index (χ0) is 11.7. The van der Waals surface area contributed by atoms with Crippen LogP contribution in [0.1, 0.15) is 13.3 Å². The molecule has 1 atom stereocenters. The van der Waals surface area contributed by atoms with Crippen LogP contribution in [0.15, 0.2) is 6.20 Å². The summed E-state index contributed by atoms with van der Waals surface area (Å²) in [7, 11) is 0. The van der Waals surface area contributed by atoms with Crippen molar-refractivity contribution in [1.29, 1.82) is 0 Å². The minimum absolute atomic E-state index is 0.208. The van der Waals surface area contributed by atoms with E-state index in [9.17, 15) is 9.90 Å². The predicted molar refractivity (Wildman–Crippen MR) is 62.9 cm³/mol. The summed E-state index contributed by atoms with van der Waals surface area (Å²) in [6.07, 6.45) is 1.51. The molecule has 1 aliphatic rings. The van der Waals surface area contributed by atoms with E-state index in [-0.39, 0.29) is 6.03 Å². The second-order valence-electron chi connectivity index (χ2n) is 3.53. The first kappa shape index (κ1) is 11.6. The number of urea groups is 1. The number of hydrogen-bond donors (Lipinski definition) is 1. The average molecular weight is 262 g/mol. The van der Waals surface area contributed by atoms with Gasteiger partial charge in [-0.3, -0.25) is 0 Å². The summed E-state index contributed by atoms with van der Waals surface area (Å²) in [5.74, 6) is 0. The quantitative estimate of drug-likeness (QED) is 0.902. The summed E-state index contributed by atoms with van der Waals surface area (Å²) in [6.45, 7) is 2.96. The number of aliphatic hydroxyl groups is 1. The van der Waals surface area contributed by atoms with Crippen LogP contribution in [0.4, 0.5) is 9.93 Å². The second-order valence-corrected chi connectivity index (χ2v) is 5.17. The van der Waals surface area contributed by atoms with Gasteiger partial charge < -0.3 is 10.0 Å². The maximum absolute atomic E-state index is 11.9. The molecule has 88 valence electrons. The van der Waals surface area contributed by atoms with Gasteiger partial charge in [-0.15, -0.1) is 0 Å². The third-order valence-electron chi connectivity index (χ3n) is 2.32. The fraction of sp³-hybridized carbons (Fsp3) is 0.556. The summed E-state index contributed by atoms with van der Waals surface area (Å²) in [5.41, 5.74) is 0. The van der Waals surface area contributed by atoms with Crippen LogP contribution in [0, 0.1) is 0 Å². The van der Waals surface area contributed by atoms with Gasteiger partial charge in [0.2, 0.25) is 0 Å². The molecule has 0 aliphatic carbocycles. The van der Waals surface area contributed by atoms with Crippen LogP contribution in [0.2, 0.25) is 4.34 Å². The molecule has 0 bridgehead atoms. The Labute approximate surface area is 102 Å². The lowest BCUT2D eigenvalue weighted by Gasteiger charge is -2.16. The Balaban J connectivity index is 2.19. The van der Waals surface area contributed by atoms with Crippen molar-refractivity contribution in [3.05, 3.63) is 10.5 Å². The highest BCUT2D eigenvalue weighted by Gasteiger charge is 2.38. The number of β-amino-alcohol motifs (C(OH)–C–C–N with tert-alkyl or cyclic N) is 1. The van der Waals surface area contributed by atoms with Crippen molar-refractivity contribution in [3.8, 4) is 0 Å². The SMILES string of the molecule is CCCN1CC(O)N(c2ncc(Cl)s2)C1=O. The molecule has 1 aromatic heterocycles. The molecular weight excluding hydrogens is 250 g/mol. The molecule has 1 fully saturated rings. The smallest absolute Gasteiger partial charge is 0.328 e. The third-order valence-corrected chi connectivity index (χ3v) is 3.44. The Hall–Kier alpha value is -0.850. The Morgan fingerprint density at radius 2 is 2.50 bits per heavy atom. The fourth-order valence-electron chi connectivity index (χ4n) is 1.66. The van der Waals surface area contributed by atoms with Crippen LogP contribution in [0.3, 0.4) is 0 Å². The molecule has 7 heteroatoms. The van der Waals surface area contributed by atoms with Crippen molar-refractivity contribution in [2.75, 3.05) is 18.0 Å². The summed E-state index contributed by atoms with van der Waals surface area (Å²) in [5, 5.41) is 10.3. The van der Waals surface area contributed by atoms with E-state index < -0.39 is 6.23 Å². The number of anilines is 1. The first-order chi connectivity index (χ1) is 7.63. The number of hydrogen-bond acceptors (Lipinski definition) is 4. The molecule has 1 aliphatic heterocycles. The number of rotatable bonds is 3. The number of thiazole rings is 1. The zero-order valence-corrected chi connectivity index (χ0v) is 10.3. The Morgan fingerprint density at radius 3 is 3.06 bits per heavy atom. The van der Waals surface area contributed by atoms with Crippen molar-refractivity contribution < 1.29 is 9.90 Å². The zero-order valence-electron chi connectivity index (χ0n) is 8.76. The molecule has 0 aromatic carbocycles. The number of aliphatic hydroxyl groups excluding tert-OH is 1. The van der Waals surface area contributed by atoms with Gasteiger partial charge >= 0.3 is 6.03 Å². The maximum Gasteiger partial charge on any atom is 0.328 e. The van der Waals surface area contributed by atoms with Gasteiger partial charge in [0.15, 0.2) is 11.4 Å². The van der Waals surface area contributed by atoms with Crippen molar-refractivity contribution in [2.24, 2.45) is 0 Å². The molecule has 0 saturated carbocycles. The number of aromatic nitrogens is 1. The van der Waals surface area contributed by atoms with Crippen LogP contribution < -0.4 is 4.90 Å². The maximum atomic E-state index is 11.9. The number of amides is 2. The molecular formula is C9H12ClN3O2S. The average Bonchev–Trinajstić information content (AvgIpc) is 2.74. The molecule has 0 spiro atoms. The number of carbonyl (C=O) groups excluding carboxylic acids is 1. The van der Waals surface area contributed by atoms with Crippen LogP contribution in [-0.2, 0) is 0 Å². The highest BCUT2D eigenvalue weighted by Crippen LogP contribution is 2.30. The first-order valence-electron chi connectivity index (χ1n) is 5.01. The summed E-state index contributed by atoms with van der Waals surface area (Å²) >= 11 is 6.94. The highest BCUT2D eigenvalue weighted by atomic mass is 35.5. The lowest BCUT2D eigenvalue weighted by Crippen LogP contribution is -2.34. The molecule has 1 aromatic rings. The summed E-state index contributed by atoms with van der Waals surface area (Å²) in [4.78, 5) is 18.8. The third kappa shape index (κ3) is 2.00. The monoisotopic (exact) mass is 261 g/mol. The van der Waals surface area contributed by atoms with Gasteiger partial charge in [0, 0.05) is 6.54 Å². The molecule has 2 rings (SSSR count). The second kappa shape index (κ2) is 4.57. The fourth-order valence-corrected chi connectivity index (χ4v) is 2.60. The Kier molecular flexibility index (Phi) is 3.32. The van der Waals surface area contributed by atoms with Gasteiger partial charge in [-0.25, -0.2) is 14.7 Å². The van der Waals surface area contributed by atoms with Crippen LogP contribution in [0.25, 0.3) is 0 Å². The standard InChI is InChI=1S/C9H12ClN3O2S/c1-2-3-12-5-7(14)13(9(12)15)8-11-4-6(10)16-8/h4,7,14H,2-3,5H2,1H3. The topological polar surface area (TPSA) is 56.7 Å². The minimum atomic E-state index is -0.832. The van der Waals surface area contributed by atoms with Crippen LogP contribution >= 0.6 is 22.9 Å². The largest absolute Gasteiger partial charge is 0.371 e. The van der Waals surface area contributed by atoms with E-state index in [2.05, 4.69) is 4.98 Å². The van der Waals surface area contributed by atoms with E-state index in [0.717, 1.165) is 6.42 Å². The molecule has 16 heavy (non-hydrogen) atoms. The number of nitrogens with zero attached hydrogens (tertiary/aromatic N) is 3. The molecule has 1 N–H and O–H groups in total. The number of carbonyl (C=O) groups is 1. The predicted octanol–water partition coefficient (Wildman–Crippen LogP) is 1.77. The van der Waals surface area contributed by atoms with Crippen LogP contribution in [-0.4, -0.2) is 40.3 Å². The van der Waals surface area contributed by atoms with E-state index in [1.165, 1.54) is 22.4 Å². The van der Waals surface area contributed by atoms with Gasteiger partial charge in [-0.1, -0.05) is 29.9 Å². The van der Waals surface area contributed by atoms with Gasteiger partial charge in [0.25, 0.3) is 0 Å². The normalized spacial score (nSPS) is 20.9. The van der Waals surface area contributed by atoms with E-state index in [1.807, 2.05) is 6.92 Å². The highest BCUT2D eigenvalue weighted by molar-refractivity contribution is 7.19. The van der Waals surface area contributed by atoms with Crippen LogP contribution in [0.5, 0.6) is 0 Å². The van der Waals surface area contributed by atoms with Crippen molar-refractivity contribution in [3.63, 3.8) is 0 Å². The van der Waals surface area contributed by atoms with Crippen molar-refractivity contribution in [1.82, 2.24) is 9.88 Å². The van der Waals surface area contributed by atoms with Crippen molar-refractivity contribution >= 4 is 34.1 Å². The van der Waals surface area contributed by atoms with E-state index >= 15 is 0 Å². The van der Waals surface area contributed by atoms with Gasteiger partial charge in [0.05, 0.1) is 12.7 Å². The van der Waals surface area contributed by atoms with E-state index in [4.69, 9.17) is 11.6 Å². The van der Waals surface area contributed by atoms with Gasteiger partial charge in [-0.2, -0.15) is 0 Å². The number of halogens is 1. The molecule has 1 unspecified atom stereocenters. The van der Waals surface area contributed by atoms with Gasteiger partial charge in [0.1, 0.15) is 4.34 Å².